The molecular weight excluding hydrogens is 554 g/mol. The van der Waals surface area contributed by atoms with Gasteiger partial charge in [0.05, 0.1) is 23.1 Å². The molecule has 3 N–H and O–H groups in total. The molecular formula is C24H20Cl2F3N3O4S. The number of rotatable bonds is 5. The number of nitrogens with zero attached hydrogens (tertiary/aromatic N) is 1. The first-order valence-electron chi connectivity index (χ1n) is 11.1. The summed E-state index contributed by atoms with van der Waals surface area (Å²) < 4.78 is 71.4. The largest absolute Gasteiger partial charge is 0.573 e. The first kappa shape index (κ1) is 26.1. The Hall–Kier alpha value is -2.54. The lowest BCUT2D eigenvalue weighted by Gasteiger charge is -2.37. The predicted octanol–water partition coefficient (Wildman–Crippen LogP) is 4.85. The Labute approximate surface area is 219 Å². The number of aliphatic hydroxyl groups excluding tert-OH is 1. The summed E-state index contributed by atoms with van der Waals surface area (Å²) in [5.74, 6) is -0.544. The van der Waals surface area contributed by atoms with Gasteiger partial charge in [0.2, 0.25) is 10.0 Å². The molecule has 2 heterocycles. The molecule has 0 spiro atoms. The van der Waals surface area contributed by atoms with Crippen molar-refractivity contribution in [3.8, 4) is 5.75 Å². The van der Waals surface area contributed by atoms with Crippen molar-refractivity contribution in [2.24, 2.45) is 0 Å². The van der Waals surface area contributed by atoms with Crippen LogP contribution in [-0.4, -0.2) is 49.7 Å². The van der Waals surface area contributed by atoms with Gasteiger partial charge in [-0.1, -0.05) is 23.2 Å². The second-order valence-electron chi connectivity index (χ2n) is 8.66. The number of aliphatic hydroxyl groups is 1. The number of fused-ring (bicyclic) bond motifs is 3. The summed E-state index contributed by atoms with van der Waals surface area (Å²) in [4.78, 5) is -0.266. The van der Waals surface area contributed by atoms with Crippen molar-refractivity contribution in [2.45, 2.75) is 29.4 Å². The summed E-state index contributed by atoms with van der Waals surface area (Å²) in [7, 11) is -4.17. The first-order chi connectivity index (χ1) is 17.4. The van der Waals surface area contributed by atoms with Gasteiger partial charge in [0.25, 0.3) is 0 Å². The highest BCUT2D eigenvalue weighted by molar-refractivity contribution is 7.89. The fourth-order valence-corrected chi connectivity index (χ4v) is 6.29. The van der Waals surface area contributed by atoms with Crippen LogP contribution in [0, 0.1) is 0 Å². The van der Waals surface area contributed by atoms with Crippen molar-refractivity contribution in [2.75, 3.05) is 13.1 Å². The second-order valence-corrected chi connectivity index (χ2v) is 11.2. The van der Waals surface area contributed by atoms with Gasteiger partial charge in [-0.05, 0) is 60.7 Å². The van der Waals surface area contributed by atoms with E-state index in [2.05, 4.69) is 14.8 Å². The van der Waals surface area contributed by atoms with E-state index in [-0.39, 0.29) is 11.4 Å². The molecule has 196 valence electrons. The Morgan fingerprint density at radius 1 is 0.946 bits per heavy atom. The highest BCUT2D eigenvalue weighted by atomic mass is 35.5. The van der Waals surface area contributed by atoms with E-state index in [0.29, 0.717) is 16.6 Å². The number of hydrogen-bond acceptors (Lipinski definition) is 5. The number of sulfonamides is 1. The van der Waals surface area contributed by atoms with Crippen LogP contribution in [0.25, 0.3) is 21.8 Å². The van der Waals surface area contributed by atoms with E-state index < -0.39 is 40.3 Å². The standard InChI is InChI=1S/C24H20Cl2F3N3O4S/c25-13-1-7-20-17(9-13)18-10-14(26)2-8-21(18)32(20)22-12-30-11-19(23(22)33)31-37(34,35)16-5-3-15(4-6-16)36-24(27,28)29/h1-10,19,22-23,30-31,33H,11-12H2/t19-,22+,23+/m1/s1. The van der Waals surface area contributed by atoms with E-state index in [1.54, 1.807) is 24.3 Å². The molecule has 0 radical (unpaired) electrons. The summed E-state index contributed by atoms with van der Waals surface area (Å²) in [6.45, 7) is 0.494. The molecule has 1 aliphatic rings. The number of piperidine rings is 1. The van der Waals surface area contributed by atoms with Crippen LogP contribution in [0.4, 0.5) is 13.2 Å². The van der Waals surface area contributed by atoms with Crippen molar-refractivity contribution in [1.82, 2.24) is 14.6 Å². The Kier molecular flexibility index (Phi) is 6.80. The minimum atomic E-state index is -4.89. The number of benzene rings is 3. The Balaban J connectivity index is 1.45. The number of alkyl halides is 3. The van der Waals surface area contributed by atoms with Crippen molar-refractivity contribution in [1.29, 1.82) is 0 Å². The Morgan fingerprint density at radius 3 is 2.05 bits per heavy atom. The molecule has 1 aliphatic heterocycles. The highest BCUT2D eigenvalue weighted by Crippen LogP contribution is 2.37. The van der Waals surface area contributed by atoms with Crippen molar-refractivity contribution >= 4 is 55.0 Å². The molecule has 1 saturated heterocycles. The maximum atomic E-state index is 13.0. The number of halogens is 5. The lowest BCUT2D eigenvalue weighted by atomic mass is 9.99. The number of hydrogen-bond donors (Lipinski definition) is 3. The molecule has 0 aliphatic carbocycles. The maximum Gasteiger partial charge on any atom is 0.573 e. The van der Waals surface area contributed by atoms with E-state index in [1.807, 2.05) is 16.7 Å². The fourth-order valence-electron chi connectivity index (χ4n) is 4.69. The third-order valence-corrected chi connectivity index (χ3v) is 8.23. The summed E-state index contributed by atoms with van der Waals surface area (Å²) in [5.41, 5.74) is 1.58. The Morgan fingerprint density at radius 2 is 1.51 bits per heavy atom. The summed E-state index contributed by atoms with van der Waals surface area (Å²) in [6.07, 6.45) is -6.04. The van der Waals surface area contributed by atoms with Crippen LogP contribution >= 0.6 is 23.2 Å². The number of ether oxygens (including phenoxy) is 1. The quantitative estimate of drug-likeness (QED) is 0.317. The second kappa shape index (κ2) is 9.64. The zero-order valence-corrected chi connectivity index (χ0v) is 21.2. The number of aromatic nitrogens is 1. The van der Waals surface area contributed by atoms with Crippen molar-refractivity contribution in [3.05, 3.63) is 70.7 Å². The summed E-state index contributed by atoms with van der Waals surface area (Å²) in [5, 5.41) is 17.2. The van der Waals surface area contributed by atoms with Crippen LogP contribution in [-0.2, 0) is 10.0 Å². The molecule has 0 saturated carbocycles. The molecule has 7 nitrogen and oxygen atoms in total. The molecule has 0 amide bonds. The number of nitrogens with one attached hydrogen (secondary N) is 2. The SMILES string of the molecule is O=S(=O)(N[C@@H]1CNC[C@H](n2c3ccc(Cl)cc3c3cc(Cl)ccc32)[C@H]1O)c1ccc(OC(F)(F)F)cc1. The van der Waals surface area contributed by atoms with Gasteiger partial charge in [-0.15, -0.1) is 13.2 Å². The van der Waals surface area contributed by atoms with Gasteiger partial charge in [0.1, 0.15) is 5.75 Å². The predicted molar refractivity (Wildman–Crippen MR) is 135 cm³/mol. The van der Waals surface area contributed by atoms with Gasteiger partial charge < -0.3 is 19.7 Å². The molecule has 4 aromatic rings. The van der Waals surface area contributed by atoms with E-state index >= 15 is 0 Å². The molecule has 3 atom stereocenters. The zero-order valence-electron chi connectivity index (χ0n) is 18.8. The Bertz CT molecular complexity index is 1520. The van der Waals surface area contributed by atoms with Crippen LogP contribution < -0.4 is 14.8 Å². The monoisotopic (exact) mass is 573 g/mol. The summed E-state index contributed by atoms with van der Waals surface area (Å²) in [6, 6.07) is 13.1. The first-order valence-corrected chi connectivity index (χ1v) is 13.3. The van der Waals surface area contributed by atoms with Crippen LogP contribution in [0.15, 0.2) is 65.6 Å². The molecule has 0 unspecified atom stereocenters. The minimum absolute atomic E-state index is 0.140. The molecule has 13 heteroatoms. The van der Waals surface area contributed by atoms with Crippen LogP contribution in [0.5, 0.6) is 5.75 Å². The average Bonchev–Trinajstić information content (AvgIpc) is 3.12. The fraction of sp³-hybridized carbons (Fsp3) is 0.250. The normalized spacial score (nSPS) is 21.0. The van der Waals surface area contributed by atoms with Crippen LogP contribution in [0.1, 0.15) is 6.04 Å². The molecule has 5 rings (SSSR count). The lowest BCUT2D eigenvalue weighted by molar-refractivity contribution is -0.274. The highest BCUT2D eigenvalue weighted by Gasteiger charge is 2.37. The average molecular weight is 574 g/mol. The molecule has 0 bridgehead atoms. The van der Waals surface area contributed by atoms with Gasteiger partial charge >= 0.3 is 6.36 Å². The smallest absolute Gasteiger partial charge is 0.406 e. The molecule has 1 aromatic heterocycles. The van der Waals surface area contributed by atoms with Gasteiger partial charge in [0, 0.05) is 44.9 Å². The summed E-state index contributed by atoms with van der Waals surface area (Å²) >= 11 is 12.5. The zero-order chi connectivity index (χ0) is 26.5. The van der Waals surface area contributed by atoms with Crippen molar-refractivity contribution < 1.29 is 31.4 Å². The van der Waals surface area contributed by atoms with Crippen LogP contribution in [0.2, 0.25) is 10.0 Å². The molecule has 3 aromatic carbocycles. The third-order valence-electron chi connectivity index (χ3n) is 6.26. The van der Waals surface area contributed by atoms with Gasteiger partial charge in [-0.2, -0.15) is 0 Å². The van der Waals surface area contributed by atoms with Crippen LogP contribution in [0.3, 0.4) is 0 Å². The topological polar surface area (TPSA) is 92.6 Å². The van der Waals surface area contributed by atoms with E-state index in [1.165, 1.54) is 0 Å². The third kappa shape index (κ3) is 5.25. The lowest BCUT2D eigenvalue weighted by Crippen LogP contribution is -2.58. The van der Waals surface area contributed by atoms with E-state index in [4.69, 9.17) is 23.2 Å². The van der Waals surface area contributed by atoms with Gasteiger partial charge in [0.15, 0.2) is 0 Å². The molecule has 1 fully saturated rings. The maximum absolute atomic E-state index is 13.0. The van der Waals surface area contributed by atoms with Gasteiger partial charge in [-0.25, -0.2) is 13.1 Å². The van der Waals surface area contributed by atoms with Crippen molar-refractivity contribution in [3.63, 3.8) is 0 Å². The van der Waals surface area contributed by atoms with E-state index in [0.717, 1.165) is 46.1 Å². The molecule has 37 heavy (non-hydrogen) atoms. The van der Waals surface area contributed by atoms with E-state index in [9.17, 15) is 26.7 Å². The minimum Gasteiger partial charge on any atom is -0.406 e. The van der Waals surface area contributed by atoms with Gasteiger partial charge in [-0.3, -0.25) is 0 Å².